The van der Waals surface area contributed by atoms with Crippen LogP contribution in [0, 0.1) is 0 Å². The Morgan fingerprint density at radius 1 is 0.412 bits per heavy atom. The average Bonchev–Trinajstić information content (AvgIpc) is 3.02. The Morgan fingerprint density at radius 2 is 0.745 bits per heavy atom. The van der Waals surface area contributed by atoms with E-state index in [1.165, 1.54) is 51.4 Å². The second-order valence-electron chi connectivity index (χ2n) is 12.4. The number of carbonyl (C=O) groups excluding carboxylic acids is 2. The standard InChI is InChI=1S/C35H75N7O2.7ClH/c1-3-5-7-9-11-20-34(43)40-29-18-32-42(33-19-30-41-35(44)21-12-10-8-6-4-2)31-17-28-39-27-16-26-38-24-14-13-23-37-25-15-22-36;;;;;;;/h37-39H,3-33,36H2,1-2H3,(H,40,43)(H,41,44);7*1H. The molecule has 0 saturated carbocycles. The summed E-state index contributed by atoms with van der Waals surface area (Å²) in [6.07, 6.45) is 20.8. The maximum Gasteiger partial charge on any atom is 0.219 e. The quantitative estimate of drug-likeness (QED) is 0.0358. The van der Waals surface area contributed by atoms with E-state index < -0.39 is 0 Å². The van der Waals surface area contributed by atoms with Crippen molar-refractivity contribution in [2.24, 2.45) is 5.73 Å². The highest BCUT2D eigenvalue weighted by atomic mass is 35.5. The molecular formula is C35H82Cl7N7O2. The summed E-state index contributed by atoms with van der Waals surface area (Å²) in [5.74, 6) is 0.388. The van der Waals surface area contributed by atoms with Gasteiger partial charge in [0.05, 0.1) is 0 Å². The van der Waals surface area contributed by atoms with Crippen molar-refractivity contribution in [1.29, 1.82) is 0 Å². The fourth-order valence-corrected chi connectivity index (χ4v) is 5.22. The fourth-order valence-electron chi connectivity index (χ4n) is 5.22. The van der Waals surface area contributed by atoms with Crippen LogP contribution in [0.2, 0.25) is 0 Å². The van der Waals surface area contributed by atoms with Gasteiger partial charge in [-0.2, -0.15) is 0 Å². The number of nitrogens with two attached hydrogens (primary N) is 1. The Morgan fingerprint density at radius 3 is 1.14 bits per heavy atom. The number of hydrogen-bond acceptors (Lipinski definition) is 7. The molecule has 0 aliphatic rings. The molecule has 0 aromatic heterocycles. The van der Waals surface area contributed by atoms with Crippen LogP contribution in [0.3, 0.4) is 0 Å². The van der Waals surface area contributed by atoms with Crippen LogP contribution in [-0.4, -0.2) is 95.3 Å². The summed E-state index contributed by atoms with van der Waals surface area (Å²) in [5.41, 5.74) is 5.51. The van der Waals surface area contributed by atoms with E-state index in [2.05, 4.69) is 45.3 Å². The van der Waals surface area contributed by atoms with E-state index in [-0.39, 0.29) is 98.7 Å². The summed E-state index contributed by atoms with van der Waals surface area (Å²) in [6.45, 7) is 16.0. The minimum atomic E-state index is 0. The lowest BCUT2D eigenvalue weighted by Gasteiger charge is -2.22. The lowest BCUT2D eigenvalue weighted by molar-refractivity contribution is -0.122. The van der Waals surface area contributed by atoms with Gasteiger partial charge in [-0.25, -0.2) is 0 Å². The van der Waals surface area contributed by atoms with Crippen LogP contribution >= 0.6 is 86.8 Å². The number of unbranched alkanes of at least 4 members (excludes halogenated alkanes) is 9. The molecule has 0 rings (SSSR count). The van der Waals surface area contributed by atoms with Gasteiger partial charge in [-0.3, -0.25) is 9.59 Å². The zero-order valence-electron chi connectivity index (χ0n) is 32.1. The molecule has 51 heavy (non-hydrogen) atoms. The molecule has 7 N–H and O–H groups in total. The first kappa shape index (κ1) is 69.7. The van der Waals surface area contributed by atoms with Crippen LogP contribution in [0.25, 0.3) is 0 Å². The molecular weight excluding hydrogens is 799 g/mol. The Balaban J connectivity index is -0.000000440. The average molecular weight is 881 g/mol. The molecule has 0 saturated heterocycles. The predicted molar refractivity (Wildman–Crippen MR) is 240 cm³/mol. The van der Waals surface area contributed by atoms with E-state index in [1.54, 1.807) is 0 Å². The molecule has 0 bridgehead atoms. The minimum Gasteiger partial charge on any atom is -0.356 e. The maximum absolute atomic E-state index is 12.2. The topological polar surface area (TPSA) is 124 Å². The van der Waals surface area contributed by atoms with Crippen molar-refractivity contribution in [1.82, 2.24) is 31.5 Å². The maximum atomic E-state index is 12.2. The third-order valence-corrected chi connectivity index (χ3v) is 8.01. The molecule has 0 heterocycles. The molecule has 0 radical (unpaired) electrons. The van der Waals surface area contributed by atoms with Crippen molar-refractivity contribution >= 4 is 98.7 Å². The minimum absolute atomic E-state index is 0. The van der Waals surface area contributed by atoms with Gasteiger partial charge in [0.25, 0.3) is 0 Å². The molecule has 318 valence electrons. The molecule has 0 aliphatic carbocycles. The summed E-state index contributed by atoms with van der Waals surface area (Å²) in [6, 6.07) is 0. The van der Waals surface area contributed by atoms with Gasteiger partial charge in [0.2, 0.25) is 11.8 Å². The van der Waals surface area contributed by atoms with Crippen molar-refractivity contribution in [2.45, 2.75) is 136 Å². The third kappa shape index (κ3) is 57.6. The van der Waals surface area contributed by atoms with E-state index in [4.69, 9.17) is 5.73 Å². The van der Waals surface area contributed by atoms with E-state index >= 15 is 0 Å². The zero-order valence-corrected chi connectivity index (χ0v) is 37.8. The summed E-state index contributed by atoms with van der Waals surface area (Å²) >= 11 is 0. The van der Waals surface area contributed by atoms with Crippen molar-refractivity contribution in [3.05, 3.63) is 0 Å². The van der Waals surface area contributed by atoms with E-state index in [9.17, 15) is 9.59 Å². The van der Waals surface area contributed by atoms with E-state index in [0.717, 1.165) is 136 Å². The number of nitrogens with one attached hydrogen (secondary N) is 5. The van der Waals surface area contributed by atoms with Crippen LogP contribution in [0.1, 0.15) is 136 Å². The molecule has 2 amide bonds. The van der Waals surface area contributed by atoms with Gasteiger partial charge in [0.1, 0.15) is 0 Å². The number of carbonyl (C=O) groups is 2. The summed E-state index contributed by atoms with van der Waals surface area (Å²) in [7, 11) is 0. The van der Waals surface area contributed by atoms with Gasteiger partial charge in [0.15, 0.2) is 0 Å². The Bertz CT molecular complexity index is 605. The first-order chi connectivity index (χ1) is 21.6. The number of halogens is 7. The van der Waals surface area contributed by atoms with Crippen molar-refractivity contribution < 1.29 is 9.59 Å². The van der Waals surface area contributed by atoms with Crippen LogP contribution < -0.4 is 32.3 Å². The summed E-state index contributed by atoms with van der Waals surface area (Å²) in [5, 5.41) is 16.8. The van der Waals surface area contributed by atoms with Gasteiger partial charge >= 0.3 is 0 Å². The number of rotatable bonds is 36. The zero-order chi connectivity index (χ0) is 32.2. The van der Waals surface area contributed by atoms with Crippen molar-refractivity contribution in [2.75, 3.05) is 78.5 Å². The second kappa shape index (κ2) is 60.0. The predicted octanol–water partition coefficient (Wildman–Crippen LogP) is 7.65. The molecule has 9 nitrogen and oxygen atoms in total. The van der Waals surface area contributed by atoms with Gasteiger partial charge in [-0.1, -0.05) is 65.2 Å². The Kier molecular flexibility index (Phi) is 82.0. The van der Waals surface area contributed by atoms with Crippen LogP contribution in [-0.2, 0) is 9.59 Å². The fraction of sp³-hybridized carbons (Fsp3) is 0.943. The lowest BCUT2D eigenvalue weighted by Crippen LogP contribution is -2.34. The molecule has 0 atom stereocenters. The van der Waals surface area contributed by atoms with Crippen LogP contribution in [0.4, 0.5) is 0 Å². The highest BCUT2D eigenvalue weighted by molar-refractivity contribution is 5.86. The molecule has 0 aliphatic heterocycles. The monoisotopic (exact) mass is 877 g/mol. The molecule has 0 spiro atoms. The molecule has 16 heteroatoms. The van der Waals surface area contributed by atoms with Gasteiger partial charge in [-0.15, -0.1) is 86.8 Å². The Labute approximate surface area is 357 Å². The number of nitrogens with zero attached hydrogens (tertiary/aromatic N) is 1. The number of hydrogen-bond donors (Lipinski definition) is 6. The van der Waals surface area contributed by atoms with Crippen LogP contribution in [0.15, 0.2) is 0 Å². The smallest absolute Gasteiger partial charge is 0.219 e. The molecule has 0 fully saturated rings. The first-order valence-electron chi connectivity index (χ1n) is 18.7. The van der Waals surface area contributed by atoms with Gasteiger partial charge in [0, 0.05) is 25.9 Å². The van der Waals surface area contributed by atoms with E-state index in [1.807, 2.05) is 0 Å². The highest BCUT2D eigenvalue weighted by Gasteiger charge is 2.07. The summed E-state index contributed by atoms with van der Waals surface area (Å²) in [4.78, 5) is 26.8. The van der Waals surface area contributed by atoms with Crippen molar-refractivity contribution in [3.63, 3.8) is 0 Å². The number of amides is 2. The van der Waals surface area contributed by atoms with Gasteiger partial charge in [-0.05, 0) is 123 Å². The molecule has 0 aromatic rings. The highest BCUT2D eigenvalue weighted by Crippen LogP contribution is 2.06. The normalized spacial score (nSPS) is 9.80. The lowest BCUT2D eigenvalue weighted by atomic mass is 10.1. The largest absolute Gasteiger partial charge is 0.356 e. The SMILES string of the molecule is CCCCCCCC(=O)NCCCN(CCCNCCCNCCCCNCCCN)CCCNC(=O)CCCCCCC.Cl.Cl.Cl.Cl.Cl.Cl.Cl. The Hall–Kier alpha value is 0.770. The van der Waals surface area contributed by atoms with Crippen LogP contribution in [0.5, 0.6) is 0 Å². The molecule has 0 aromatic carbocycles. The summed E-state index contributed by atoms with van der Waals surface area (Å²) < 4.78 is 0. The molecule has 0 unspecified atom stereocenters. The van der Waals surface area contributed by atoms with E-state index in [0.29, 0.717) is 12.8 Å². The third-order valence-electron chi connectivity index (χ3n) is 8.01. The first-order valence-corrected chi connectivity index (χ1v) is 18.7. The van der Waals surface area contributed by atoms with Crippen molar-refractivity contribution in [3.8, 4) is 0 Å². The second-order valence-corrected chi connectivity index (χ2v) is 12.4. The van der Waals surface area contributed by atoms with Gasteiger partial charge < -0.3 is 37.2 Å².